The fourth-order valence-electron chi connectivity index (χ4n) is 1.21. The molecule has 2 N–H and O–H groups in total. The van der Waals surface area contributed by atoms with Gasteiger partial charge in [0.1, 0.15) is 0 Å². The van der Waals surface area contributed by atoms with Gasteiger partial charge in [-0.1, -0.05) is 12.2 Å². The minimum Gasteiger partial charge on any atom is -0.398 e. The number of hydrogen-bond donors (Lipinski definition) is 1. The third-order valence-corrected chi connectivity index (χ3v) is 2.39. The maximum atomic E-state index is 5.74. The highest BCUT2D eigenvalue weighted by atomic mass is 31.0. The van der Waals surface area contributed by atoms with E-state index >= 15 is 0 Å². The normalized spacial score (nSPS) is 9.92. The molecule has 1 atom stereocenters. The van der Waals surface area contributed by atoms with Gasteiger partial charge in [-0.3, -0.25) is 0 Å². The van der Waals surface area contributed by atoms with Crippen molar-refractivity contribution in [3.63, 3.8) is 0 Å². The van der Waals surface area contributed by atoms with Gasteiger partial charge in [0.15, 0.2) is 0 Å². The van der Waals surface area contributed by atoms with Crippen molar-refractivity contribution in [2.75, 3.05) is 5.73 Å². The maximum absolute atomic E-state index is 5.74. The van der Waals surface area contributed by atoms with Crippen molar-refractivity contribution in [2.45, 2.75) is 13.8 Å². The zero-order chi connectivity index (χ0) is 9.30. The molecule has 1 unspecified atom stereocenters. The molecular weight excluding hydrogens is 165 g/mol. The van der Waals surface area contributed by atoms with Gasteiger partial charge >= 0.3 is 0 Å². The van der Waals surface area contributed by atoms with Gasteiger partial charge in [0.2, 0.25) is 0 Å². The highest BCUT2D eigenvalue weighted by Crippen LogP contribution is 2.19. The van der Waals surface area contributed by atoms with Gasteiger partial charge in [0.25, 0.3) is 0 Å². The number of rotatable bonds is 1. The van der Waals surface area contributed by atoms with Crippen LogP contribution in [0.4, 0.5) is 5.69 Å². The number of hydrogen-bond acceptors (Lipinski definition) is 1. The molecule has 0 fully saturated rings. The first-order valence-electron chi connectivity index (χ1n) is 3.84. The maximum Gasteiger partial charge on any atom is 0.0389 e. The molecule has 12 heavy (non-hydrogen) atoms. The van der Waals surface area contributed by atoms with E-state index in [1.165, 1.54) is 11.1 Å². The van der Waals surface area contributed by atoms with Crippen LogP contribution in [0.1, 0.15) is 18.1 Å². The SMILES string of the molecule is C=C(C)c1cc(P)c(N)cc1C. The van der Waals surface area contributed by atoms with Gasteiger partial charge in [0.05, 0.1) is 0 Å². The second-order valence-electron chi connectivity index (χ2n) is 3.08. The summed E-state index contributed by atoms with van der Waals surface area (Å²) in [5, 5.41) is 1.04. The molecule has 0 saturated carbocycles. The van der Waals surface area contributed by atoms with Crippen LogP contribution in [0.25, 0.3) is 5.57 Å². The molecule has 0 spiro atoms. The highest BCUT2D eigenvalue weighted by molar-refractivity contribution is 7.28. The van der Waals surface area contributed by atoms with E-state index in [0.29, 0.717) is 0 Å². The number of allylic oxidation sites excluding steroid dienone is 1. The average molecular weight is 179 g/mol. The van der Waals surface area contributed by atoms with Crippen molar-refractivity contribution in [1.82, 2.24) is 0 Å². The van der Waals surface area contributed by atoms with Crippen LogP contribution in [-0.4, -0.2) is 0 Å². The molecule has 0 aliphatic carbocycles. The fraction of sp³-hybridized carbons (Fsp3) is 0.200. The molecule has 0 amide bonds. The van der Waals surface area contributed by atoms with Crippen molar-refractivity contribution >= 4 is 25.8 Å². The summed E-state index contributed by atoms with van der Waals surface area (Å²) >= 11 is 0. The summed E-state index contributed by atoms with van der Waals surface area (Å²) in [7, 11) is 2.62. The van der Waals surface area contributed by atoms with Crippen LogP contribution in [0.15, 0.2) is 18.7 Å². The van der Waals surface area contributed by atoms with E-state index in [2.05, 4.69) is 21.9 Å². The third kappa shape index (κ3) is 1.67. The first-order chi connectivity index (χ1) is 5.52. The molecule has 0 bridgehead atoms. The molecule has 0 heterocycles. The largest absolute Gasteiger partial charge is 0.398 e. The Morgan fingerprint density at radius 3 is 2.58 bits per heavy atom. The Bertz CT molecular complexity index is 329. The smallest absolute Gasteiger partial charge is 0.0389 e. The fourth-order valence-corrected chi connectivity index (χ4v) is 1.46. The summed E-state index contributed by atoms with van der Waals surface area (Å²) in [6, 6.07) is 4.03. The van der Waals surface area contributed by atoms with E-state index in [1.54, 1.807) is 0 Å². The molecule has 1 aromatic carbocycles. The Morgan fingerprint density at radius 1 is 1.50 bits per heavy atom. The van der Waals surface area contributed by atoms with E-state index in [9.17, 15) is 0 Å². The Balaban J connectivity index is 3.33. The Hall–Kier alpha value is -0.810. The number of nitrogen functional groups attached to an aromatic ring is 1. The lowest BCUT2D eigenvalue weighted by atomic mass is 10.0. The molecule has 0 saturated heterocycles. The quantitative estimate of drug-likeness (QED) is 0.518. The van der Waals surface area contributed by atoms with Gasteiger partial charge in [-0.2, -0.15) is 0 Å². The number of aryl methyl sites for hydroxylation is 1. The summed E-state index contributed by atoms with van der Waals surface area (Å²) in [4.78, 5) is 0. The Morgan fingerprint density at radius 2 is 2.08 bits per heavy atom. The van der Waals surface area contributed by atoms with Crippen molar-refractivity contribution in [3.8, 4) is 0 Å². The van der Waals surface area contributed by atoms with Crippen molar-refractivity contribution in [3.05, 3.63) is 29.8 Å². The summed E-state index contributed by atoms with van der Waals surface area (Å²) in [5.74, 6) is 0. The number of nitrogens with two attached hydrogens (primary N) is 1. The van der Waals surface area contributed by atoms with Gasteiger partial charge in [-0.15, -0.1) is 9.24 Å². The zero-order valence-corrected chi connectivity index (χ0v) is 8.67. The lowest BCUT2D eigenvalue weighted by molar-refractivity contribution is 1.43. The van der Waals surface area contributed by atoms with E-state index in [-0.39, 0.29) is 0 Å². The second-order valence-corrected chi connectivity index (χ2v) is 3.70. The second kappa shape index (κ2) is 3.28. The Labute approximate surface area is 75.9 Å². The van der Waals surface area contributed by atoms with Crippen molar-refractivity contribution < 1.29 is 0 Å². The summed E-state index contributed by atoms with van der Waals surface area (Å²) in [5.41, 5.74) is 10.0. The van der Waals surface area contributed by atoms with Crippen LogP contribution in [0, 0.1) is 6.92 Å². The summed E-state index contributed by atoms with van der Waals surface area (Å²) in [6.45, 7) is 7.96. The highest BCUT2D eigenvalue weighted by Gasteiger charge is 2.01. The summed E-state index contributed by atoms with van der Waals surface area (Å²) in [6.07, 6.45) is 0. The molecule has 0 aromatic heterocycles. The van der Waals surface area contributed by atoms with Crippen molar-refractivity contribution in [2.24, 2.45) is 0 Å². The zero-order valence-electron chi connectivity index (χ0n) is 7.52. The molecule has 1 aromatic rings. The molecule has 1 nitrogen and oxygen atoms in total. The lowest BCUT2D eigenvalue weighted by Crippen LogP contribution is -2.03. The lowest BCUT2D eigenvalue weighted by Gasteiger charge is -2.08. The van der Waals surface area contributed by atoms with Gasteiger partial charge in [-0.25, -0.2) is 0 Å². The number of benzene rings is 1. The average Bonchev–Trinajstić information content (AvgIpc) is 1.96. The minimum absolute atomic E-state index is 0.822. The topological polar surface area (TPSA) is 26.0 Å². The van der Waals surface area contributed by atoms with E-state index < -0.39 is 0 Å². The van der Waals surface area contributed by atoms with E-state index in [0.717, 1.165) is 16.6 Å². The third-order valence-electron chi connectivity index (χ3n) is 1.89. The van der Waals surface area contributed by atoms with Crippen LogP contribution >= 0.6 is 9.24 Å². The molecule has 0 aliphatic heterocycles. The van der Waals surface area contributed by atoms with Crippen LogP contribution in [0.3, 0.4) is 0 Å². The molecule has 0 radical (unpaired) electrons. The van der Waals surface area contributed by atoms with Crippen LogP contribution in [0.2, 0.25) is 0 Å². The predicted molar refractivity (Wildman–Crippen MR) is 59.6 cm³/mol. The van der Waals surface area contributed by atoms with Crippen molar-refractivity contribution in [1.29, 1.82) is 0 Å². The monoisotopic (exact) mass is 179 g/mol. The van der Waals surface area contributed by atoms with Crippen LogP contribution in [0.5, 0.6) is 0 Å². The first-order valence-corrected chi connectivity index (χ1v) is 4.41. The minimum atomic E-state index is 0.822. The molecule has 2 heteroatoms. The van der Waals surface area contributed by atoms with Gasteiger partial charge in [-0.05, 0) is 42.4 Å². The molecule has 64 valence electrons. The van der Waals surface area contributed by atoms with E-state index in [4.69, 9.17) is 5.73 Å². The Kier molecular flexibility index (Phi) is 2.54. The van der Waals surface area contributed by atoms with Gasteiger partial charge < -0.3 is 5.73 Å². The van der Waals surface area contributed by atoms with E-state index in [1.807, 2.05) is 19.9 Å². The standard InChI is InChI=1S/C10H14NP/c1-6(2)8-5-10(12)9(11)4-7(8)3/h4-5H,1,11-12H2,2-3H3. The van der Waals surface area contributed by atoms with Gasteiger partial charge in [0, 0.05) is 5.69 Å². The summed E-state index contributed by atoms with van der Waals surface area (Å²) < 4.78 is 0. The molecule has 1 rings (SSSR count). The number of anilines is 1. The van der Waals surface area contributed by atoms with Crippen LogP contribution in [-0.2, 0) is 0 Å². The molecule has 0 aliphatic rings. The first kappa shape index (κ1) is 9.28. The molecular formula is C10H14NP. The van der Waals surface area contributed by atoms with Crippen LogP contribution < -0.4 is 11.0 Å². The predicted octanol–water partition coefficient (Wildman–Crippen LogP) is 2.11.